The summed E-state index contributed by atoms with van der Waals surface area (Å²) in [6, 6.07) is 8.01. The van der Waals surface area contributed by atoms with Gasteiger partial charge < -0.3 is 10.1 Å². The van der Waals surface area contributed by atoms with E-state index < -0.39 is 0 Å². The lowest BCUT2D eigenvalue weighted by Crippen LogP contribution is -2.37. The first-order chi connectivity index (χ1) is 8.84. The summed E-state index contributed by atoms with van der Waals surface area (Å²) in [5.41, 5.74) is 1.28. The van der Waals surface area contributed by atoms with Gasteiger partial charge in [0.05, 0.1) is 13.2 Å². The molecular weight excluding hydrogens is 319 g/mol. The predicted molar refractivity (Wildman–Crippen MR) is 89.5 cm³/mol. The molecule has 0 amide bonds. The third-order valence-corrected chi connectivity index (χ3v) is 3.43. The minimum absolute atomic E-state index is 0. The zero-order valence-corrected chi connectivity index (χ0v) is 13.9. The number of hydrogen-bond acceptors (Lipinski definition) is 3. The van der Waals surface area contributed by atoms with Crippen molar-refractivity contribution in [3.05, 3.63) is 34.9 Å². The summed E-state index contributed by atoms with van der Waals surface area (Å²) in [6.07, 6.45) is 1.19. The van der Waals surface area contributed by atoms with Crippen molar-refractivity contribution in [1.82, 2.24) is 10.2 Å². The molecule has 3 nitrogen and oxygen atoms in total. The lowest BCUT2D eigenvalue weighted by atomic mass is 10.2. The second-order valence-corrected chi connectivity index (χ2v) is 5.05. The van der Waals surface area contributed by atoms with Crippen LogP contribution in [0, 0.1) is 0 Å². The van der Waals surface area contributed by atoms with Gasteiger partial charge in [-0.3, -0.25) is 4.90 Å². The topological polar surface area (TPSA) is 24.5 Å². The van der Waals surface area contributed by atoms with E-state index in [1.54, 1.807) is 0 Å². The summed E-state index contributed by atoms with van der Waals surface area (Å²) >= 11 is 5.85. The van der Waals surface area contributed by atoms with Gasteiger partial charge in [0, 0.05) is 24.7 Å². The van der Waals surface area contributed by atoms with Crippen molar-refractivity contribution in [3.8, 4) is 0 Å². The van der Waals surface area contributed by atoms with Crippen molar-refractivity contribution in [2.24, 2.45) is 0 Å². The quantitative estimate of drug-likeness (QED) is 0.805. The Kier molecular flexibility index (Phi) is 11.6. The smallest absolute Gasteiger partial charge is 0.0594 e. The Morgan fingerprint density at radius 1 is 1.10 bits per heavy atom. The molecule has 20 heavy (non-hydrogen) atoms. The molecule has 0 saturated carbocycles. The van der Waals surface area contributed by atoms with E-state index in [9.17, 15) is 0 Å². The van der Waals surface area contributed by atoms with Crippen LogP contribution in [-0.4, -0.2) is 44.3 Å². The molecule has 0 bridgehead atoms. The minimum atomic E-state index is 0. The number of rotatable bonds is 6. The Morgan fingerprint density at radius 3 is 2.40 bits per heavy atom. The Morgan fingerprint density at radius 2 is 1.75 bits per heavy atom. The monoisotopic (exact) mass is 340 g/mol. The molecule has 6 heteroatoms. The van der Waals surface area contributed by atoms with Gasteiger partial charge in [-0.2, -0.15) is 0 Å². The molecule has 1 fully saturated rings. The molecule has 2 rings (SSSR count). The van der Waals surface area contributed by atoms with Crippen LogP contribution in [0.2, 0.25) is 5.02 Å². The number of nitrogens with one attached hydrogen (secondary N) is 1. The van der Waals surface area contributed by atoms with Crippen LogP contribution in [0.1, 0.15) is 12.0 Å². The van der Waals surface area contributed by atoms with E-state index in [-0.39, 0.29) is 24.8 Å². The number of ether oxygens (including phenoxy) is 1. The minimum Gasteiger partial charge on any atom is -0.379 e. The molecule has 0 aliphatic carbocycles. The molecule has 0 unspecified atom stereocenters. The van der Waals surface area contributed by atoms with Gasteiger partial charge >= 0.3 is 0 Å². The summed E-state index contributed by atoms with van der Waals surface area (Å²) < 4.78 is 5.33. The van der Waals surface area contributed by atoms with Gasteiger partial charge in [-0.05, 0) is 37.2 Å². The van der Waals surface area contributed by atoms with E-state index in [0.29, 0.717) is 0 Å². The van der Waals surface area contributed by atoms with Crippen LogP contribution in [0.15, 0.2) is 24.3 Å². The highest BCUT2D eigenvalue weighted by atomic mass is 35.5. The Bertz CT molecular complexity index is 343. The first kappa shape index (κ1) is 20.0. The second kappa shape index (κ2) is 11.6. The standard InChI is InChI=1S/C14H21ClN2O.2ClH/c15-14-4-2-13(3-5-14)12-16-6-1-7-17-8-10-18-11-9-17;;/h2-5,16H,1,6-12H2;2*1H. The fourth-order valence-corrected chi connectivity index (χ4v) is 2.21. The highest BCUT2D eigenvalue weighted by molar-refractivity contribution is 6.30. The van der Waals surface area contributed by atoms with Gasteiger partial charge in [0.2, 0.25) is 0 Å². The lowest BCUT2D eigenvalue weighted by Gasteiger charge is -2.26. The number of morpholine rings is 1. The summed E-state index contributed by atoms with van der Waals surface area (Å²) in [6.45, 7) is 7.07. The van der Waals surface area contributed by atoms with Crippen LogP contribution >= 0.6 is 36.4 Å². The molecule has 0 atom stereocenters. The van der Waals surface area contributed by atoms with Crippen LogP contribution in [0.25, 0.3) is 0 Å². The maximum Gasteiger partial charge on any atom is 0.0594 e. The molecule has 0 spiro atoms. The van der Waals surface area contributed by atoms with Gasteiger partial charge in [-0.15, -0.1) is 24.8 Å². The van der Waals surface area contributed by atoms with E-state index >= 15 is 0 Å². The fraction of sp³-hybridized carbons (Fsp3) is 0.571. The van der Waals surface area contributed by atoms with E-state index in [2.05, 4.69) is 22.3 Å². The van der Waals surface area contributed by atoms with Gasteiger partial charge in [0.15, 0.2) is 0 Å². The van der Waals surface area contributed by atoms with E-state index in [4.69, 9.17) is 16.3 Å². The second-order valence-electron chi connectivity index (χ2n) is 4.61. The number of halogens is 3. The highest BCUT2D eigenvalue weighted by Gasteiger charge is 2.08. The SMILES string of the molecule is Cl.Cl.Clc1ccc(CNCCCN2CCOCC2)cc1. The average Bonchev–Trinajstić information content (AvgIpc) is 2.42. The summed E-state index contributed by atoms with van der Waals surface area (Å²) in [4.78, 5) is 2.47. The molecule has 0 aromatic heterocycles. The summed E-state index contributed by atoms with van der Waals surface area (Å²) in [7, 11) is 0. The molecule has 1 aliphatic heterocycles. The van der Waals surface area contributed by atoms with Crippen molar-refractivity contribution in [2.75, 3.05) is 39.4 Å². The Balaban J connectivity index is 0.00000180. The molecule has 1 aromatic rings. The molecule has 1 N–H and O–H groups in total. The van der Waals surface area contributed by atoms with Crippen molar-refractivity contribution >= 4 is 36.4 Å². The molecule has 0 radical (unpaired) electrons. The molecule has 1 heterocycles. The van der Waals surface area contributed by atoms with Crippen LogP contribution in [-0.2, 0) is 11.3 Å². The first-order valence-electron chi connectivity index (χ1n) is 6.60. The van der Waals surface area contributed by atoms with Gasteiger partial charge in [-0.1, -0.05) is 23.7 Å². The summed E-state index contributed by atoms with van der Waals surface area (Å²) in [5, 5.41) is 4.26. The maximum absolute atomic E-state index is 5.85. The van der Waals surface area contributed by atoms with Crippen LogP contribution in [0.5, 0.6) is 0 Å². The van der Waals surface area contributed by atoms with Crippen LogP contribution in [0.4, 0.5) is 0 Å². The van der Waals surface area contributed by atoms with Gasteiger partial charge in [0.1, 0.15) is 0 Å². The first-order valence-corrected chi connectivity index (χ1v) is 6.98. The van der Waals surface area contributed by atoms with Gasteiger partial charge in [-0.25, -0.2) is 0 Å². The van der Waals surface area contributed by atoms with E-state index in [1.165, 1.54) is 12.0 Å². The van der Waals surface area contributed by atoms with E-state index in [1.807, 2.05) is 12.1 Å². The average molecular weight is 342 g/mol. The zero-order valence-electron chi connectivity index (χ0n) is 11.5. The molecule has 1 aliphatic rings. The Labute approximate surface area is 138 Å². The number of nitrogens with zero attached hydrogens (tertiary/aromatic N) is 1. The largest absolute Gasteiger partial charge is 0.379 e. The lowest BCUT2D eigenvalue weighted by molar-refractivity contribution is 0.0374. The van der Waals surface area contributed by atoms with Crippen molar-refractivity contribution < 1.29 is 4.74 Å². The molecule has 1 aromatic carbocycles. The zero-order chi connectivity index (χ0) is 12.6. The molecule has 1 saturated heterocycles. The van der Waals surface area contributed by atoms with E-state index in [0.717, 1.165) is 51.0 Å². The normalized spacial score (nSPS) is 15.2. The third kappa shape index (κ3) is 7.67. The van der Waals surface area contributed by atoms with Crippen LogP contribution in [0.3, 0.4) is 0 Å². The number of hydrogen-bond donors (Lipinski definition) is 1. The fourth-order valence-electron chi connectivity index (χ4n) is 2.09. The third-order valence-electron chi connectivity index (χ3n) is 3.17. The van der Waals surface area contributed by atoms with Crippen LogP contribution < -0.4 is 5.32 Å². The Hall–Kier alpha value is -0.0300. The van der Waals surface area contributed by atoms with Crippen molar-refractivity contribution in [3.63, 3.8) is 0 Å². The predicted octanol–water partition coefficient (Wildman–Crippen LogP) is 3.00. The van der Waals surface area contributed by atoms with Gasteiger partial charge in [0.25, 0.3) is 0 Å². The number of benzene rings is 1. The summed E-state index contributed by atoms with van der Waals surface area (Å²) in [5.74, 6) is 0. The molecular formula is C14H23Cl3N2O. The maximum atomic E-state index is 5.85. The van der Waals surface area contributed by atoms with Crippen molar-refractivity contribution in [1.29, 1.82) is 0 Å². The molecule has 116 valence electrons. The van der Waals surface area contributed by atoms with Crippen molar-refractivity contribution in [2.45, 2.75) is 13.0 Å². The highest BCUT2D eigenvalue weighted by Crippen LogP contribution is 2.09.